The molecule has 0 fully saturated rings. The summed E-state index contributed by atoms with van der Waals surface area (Å²) in [5.74, 6) is 1.35. The first-order chi connectivity index (χ1) is 11.6. The third kappa shape index (κ3) is 4.53. The average molecular weight is 342 g/mol. The molecule has 24 heavy (non-hydrogen) atoms. The van der Waals surface area contributed by atoms with Crippen LogP contribution in [0.1, 0.15) is 31.4 Å². The number of ether oxygens (including phenoxy) is 2. The van der Waals surface area contributed by atoms with Crippen molar-refractivity contribution < 1.29 is 9.47 Å². The molecule has 0 aliphatic carbocycles. The van der Waals surface area contributed by atoms with Crippen LogP contribution in [0, 0.1) is 11.3 Å². The van der Waals surface area contributed by atoms with E-state index < -0.39 is 0 Å². The number of halogens is 1. The highest BCUT2D eigenvalue weighted by Crippen LogP contribution is 2.31. The van der Waals surface area contributed by atoms with Gasteiger partial charge in [-0.2, -0.15) is 5.26 Å². The maximum absolute atomic E-state index is 9.43. The van der Waals surface area contributed by atoms with Gasteiger partial charge in [0.05, 0.1) is 24.9 Å². The predicted octanol–water partition coefficient (Wildman–Crippen LogP) is 5.59. The van der Waals surface area contributed by atoms with E-state index in [1.165, 1.54) is 0 Å². The molecule has 0 aliphatic rings. The first-order valence-electron chi connectivity index (χ1n) is 7.79. The molecule has 0 bridgehead atoms. The summed E-state index contributed by atoms with van der Waals surface area (Å²) in [5, 5.41) is 10.1. The number of allylic oxidation sites excluding steroid dienone is 1. The summed E-state index contributed by atoms with van der Waals surface area (Å²) in [4.78, 5) is 0. The van der Waals surface area contributed by atoms with Crippen LogP contribution in [-0.2, 0) is 0 Å². The largest absolute Gasteiger partial charge is 0.493 e. The van der Waals surface area contributed by atoms with Crippen molar-refractivity contribution in [1.29, 1.82) is 5.26 Å². The minimum absolute atomic E-state index is 0.115. The van der Waals surface area contributed by atoms with Crippen LogP contribution in [0.15, 0.2) is 42.5 Å². The third-order valence-corrected chi connectivity index (χ3v) is 3.93. The molecule has 0 saturated carbocycles. The Morgan fingerprint density at radius 1 is 1.21 bits per heavy atom. The third-order valence-electron chi connectivity index (χ3n) is 3.68. The van der Waals surface area contributed by atoms with Gasteiger partial charge < -0.3 is 9.47 Å². The van der Waals surface area contributed by atoms with Crippen LogP contribution in [0.25, 0.3) is 11.6 Å². The summed E-state index contributed by atoms with van der Waals surface area (Å²) < 4.78 is 11.3. The zero-order valence-corrected chi connectivity index (χ0v) is 14.8. The molecule has 0 heterocycles. The minimum Gasteiger partial charge on any atom is -0.493 e. The molecule has 1 atom stereocenters. The molecule has 2 aromatic carbocycles. The highest BCUT2D eigenvalue weighted by Gasteiger charge is 2.09. The summed E-state index contributed by atoms with van der Waals surface area (Å²) in [7, 11) is 1.61. The van der Waals surface area contributed by atoms with Gasteiger partial charge in [-0.3, -0.25) is 0 Å². The van der Waals surface area contributed by atoms with Crippen LogP contribution < -0.4 is 9.47 Å². The maximum atomic E-state index is 9.43. The van der Waals surface area contributed by atoms with Gasteiger partial charge in [0, 0.05) is 5.02 Å². The first-order valence-corrected chi connectivity index (χ1v) is 8.17. The van der Waals surface area contributed by atoms with Gasteiger partial charge in [-0.25, -0.2) is 0 Å². The van der Waals surface area contributed by atoms with Crippen LogP contribution in [0.4, 0.5) is 0 Å². The smallest absolute Gasteiger partial charge is 0.161 e. The molecule has 0 saturated heterocycles. The van der Waals surface area contributed by atoms with Crippen molar-refractivity contribution >= 4 is 23.3 Å². The minimum atomic E-state index is 0.115. The molecule has 2 aromatic rings. The fraction of sp³-hybridized carbons (Fsp3) is 0.250. The number of hydrogen-bond donors (Lipinski definition) is 0. The molecule has 0 N–H and O–H groups in total. The van der Waals surface area contributed by atoms with Gasteiger partial charge in [0.1, 0.15) is 0 Å². The number of hydrogen-bond acceptors (Lipinski definition) is 3. The van der Waals surface area contributed by atoms with Crippen molar-refractivity contribution in [3.8, 4) is 17.6 Å². The van der Waals surface area contributed by atoms with Crippen LogP contribution >= 0.6 is 11.6 Å². The molecule has 0 aromatic heterocycles. The van der Waals surface area contributed by atoms with Crippen LogP contribution in [0.5, 0.6) is 11.5 Å². The quantitative estimate of drug-likeness (QED) is 0.508. The van der Waals surface area contributed by atoms with Crippen molar-refractivity contribution in [1.82, 2.24) is 0 Å². The zero-order valence-electron chi connectivity index (χ0n) is 14.0. The lowest BCUT2D eigenvalue weighted by molar-refractivity contribution is 0.207. The second-order valence-corrected chi connectivity index (χ2v) is 5.86. The van der Waals surface area contributed by atoms with Crippen LogP contribution in [-0.4, -0.2) is 13.2 Å². The number of methoxy groups -OCH3 is 1. The Hall–Kier alpha value is -2.44. The number of nitriles is 1. The summed E-state index contributed by atoms with van der Waals surface area (Å²) in [6, 6.07) is 15.1. The van der Waals surface area contributed by atoms with E-state index in [4.69, 9.17) is 21.1 Å². The lowest BCUT2D eigenvalue weighted by Gasteiger charge is -2.15. The van der Waals surface area contributed by atoms with Crippen molar-refractivity contribution in [3.63, 3.8) is 0 Å². The Morgan fingerprint density at radius 2 is 1.92 bits per heavy atom. The monoisotopic (exact) mass is 341 g/mol. The molecule has 124 valence electrons. The van der Waals surface area contributed by atoms with Crippen LogP contribution in [0.3, 0.4) is 0 Å². The van der Waals surface area contributed by atoms with E-state index in [-0.39, 0.29) is 6.10 Å². The molecule has 0 aliphatic heterocycles. The second-order valence-electron chi connectivity index (χ2n) is 5.42. The standard InChI is InChI=1S/C20H20ClNO2/c1-4-14(2)24-19-10-5-15(12-20(19)23-3)11-17(13-22)16-6-8-18(21)9-7-16/h5-12,14H,4H2,1-3H3. The molecular weight excluding hydrogens is 322 g/mol. The van der Waals surface area contributed by atoms with Crippen molar-refractivity contribution in [2.75, 3.05) is 7.11 Å². The lowest BCUT2D eigenvalue weighted by Crippen LogP contribution is -2.10. The molecule has 4 heteroatoms. The van der Waals surface area contributed by atoms with E-state index in [1.807, 2.05) is 43.3 Å². The zero-order chi connectivity index (χ0) is 17.5. The van der Waals surface area contributed by atoms with Crippen molar-refractivity contribution in [2.45, 2.75) is 26.4 Å². The van der Waals surface area contributed by atoms with Crippen molar-refractivity contribution in [3.05, 3.63) is 58.6 Å². The maximum Gasteiger partial charge on any atom is 0.161 e. The number of rotatable bonds is 6. The first kappa shape index (κ1) is 17.9. The molecule has 1 unspecified atom stereocenters. The van der Waals surface area contributed by atoms with E-state index in [1.54, 1.807) is 19.2 Å². The molecular formula is C20H20ClNO2. The van der Waals surface area contributed by atoms with Crippen molar-refractivity contribution in [2.24, 2.45) is 0 Å². The topological polar surface area (TPSA) is 42.2 Å². The Bertz CT molecular complexity index is 760. The highest BCUT2D eigenvalue weighted by atomic mass is 35.5. The normalized spacial score (nSPS) is 12.4. The highest BCUT2D eigenvalue weighted by molar-refractivity contribution is 6.30. The van der Waals surface area contributed by atoms with E-state index in [0.717, 1.165) is 17.5 Å². The molecule has 0 spiro atoms. The van der Waals surface area contributed by atoms with Gasteiger partial charge in [-0.1, -0.05) is 36.7 Å². The summed E-state index contributed by atoms with van der Waals surface area (Å²) in [6.45, 7) is 4.08. The summed E-state index contributed by atoms with van der Waals surface area (Å²) in [6.07, 6.45) is 2.85. The van der Waals surface area contributed by atoms with Crippen LogP contribution in [0.2, 0.25) is 5.02 Å². The Labute approximate surface area is 148 Å². The average Bonchev–Trinajstić information content (AvgIpc) is 2.61. The van der Waals surface area contributed by atoms with Gasteiger partial charge in [-0.15, -0.1) is 0 Å². The summed E-state index contributed by atoms with van der Waals surface area (Å²) in [5.41, 5.74) is 2.25. The predicted molar refractivity (Wildman–Crippen MR) is 98.3 cm³/mol. The Morgan fingerprint density at radius 3 is 2.50 bits per heavy atom. The molecule has 0 amide bonds. The summed E-state index contributed by atoms with van der Waals surface area (Å²) >= 11 is 5.90. The molecule has 0 radical (unpaired) electrons. The lowest BCUT2D eigenvalue weighted by atomic mass is 10.0. The van der Waals surface area contributed by atoms with Gasteiger partial charge in [0.15, 0.2) is 11.5 Å². The van der Waals surface area contributed by atoms with E-state index in [2.05, 4.69) is 13.0 Å². The SMILES string of the molecule is CCC(C)Oc1ccc(C=C(C#N)c2ccc(Cl)cc2)cc1OC. The number of nitrogens with zero attached hydrogens (tertiary/aromatic N) is 1. The van der Waals surface area contributed by atoms with Gasteiger partial charge >= 0.3 is 0 Å². The molecule has 3 nitrogen and oxygen atoms in total. The van der Waals surface area contributed by atoms with Gasteiger partial charge in [-0.05, 0) is 54.8 Å². The van der Waals surface area contributed by atoms with E-state index in [0.29, 0.717) is 22.1 Å². The van der Waals surface area contributed by atoms with E-state index >= 15 is 0 Å². The second kappa shape index (κ2) is 8.42. The van der Waals surface area contributed by atoms with Gasteiger partial charge in [0.25, 0.3) is 0 Å². The van der Waals surface area contributed by atoms with Gasteiger partial charge in [0.2, 0.25) is 0 Å². The van der Waals surface area contributed by atoms with E-state index in [9.17, 15) is 5.26 Å². The molecule has 2 rings (SSSR count). The fourth-order valence-corrected chi connectivity index (χ4v) is 2.27. The Balaban J connectivity index is 2.34. The Kier molecular flexibility index (Phi) is 6.28. The number of benzene rings is 2. The fourth-order valence-electron chi connectivity index (χ4n) is 2.15.